The molecule has 2 heterocycles. The molecule has 0 saturated heterocycles. The van der Waals surface area contributed by atoms with Crippen molar-refractivity contribution in [2.45, 2.75) is 0 Å². The van der Waals surface area contributed by atoms with Crippen molar-refractivity contribution in [2.24, 2.45) is 0 Å². The molecule has 0 amide bonds. The summed E-state index contributed by atoms with van der Waals surface area (Å²) in [5.74, 6) is 0.908. The van der Waals surface area contributed by atoms with Crippen LogP contribution in [0.15, 0.2) is 48.9 Å². The number of non-ortho nitro benzene ring substituents is 1. The average Bonchev–Trinajstić information content (AvgIpc) is 2.47. The monoisotopic (exact) mass is 282 g/mol. The van der Waals surface area contributed by atoms with Crippen molar-refractivity contribution in [3.05, 3.63) is 59.0 Å². The van der Waals surface area contributed by atoms with E-state index in [-0.39, 0.29) is 11.2 Å². The maximum atomic E-state index is 11.0. The fourth-order valence-electron chi connectivity index (χ4n) is 1.99. The standard InChI is InChI=1S/C14H10N4O3/c15-9-6-10(8-16-7-9)21-13-4-3-12(18(19)20)14-11(13)2-1-5-17-14/h1-8H,15H2. The summed E-state index contributed by atoms with van der Waals surface area (Å²) in [5, 5.41) is 11.6. The van der Waals surface area contributed by atoms with E-state index >= 15 is 0 Å². The summed E-state index contributed by atoms with van der Waals surface area (Å²) in [5.41, 5.74) is 6.32. The first-order valence-corrected chi connectivity index (χ1v) is 6.05. The molecule has 0 atom stereocenters. The predicted octanol–water partition coefficient (Wildman–Crippen LogP) is 2.91. The zero-order valence-corrected chi connectivity index (χ0v) is 10.8. The van der Waals surface area contributed by atoms with E-state index in [0.717, 1.165) is 0 Å². The van der Waals surface area contributed by atoms with Gasteiger partial charge in [-0.15, -0.1) is 0 Å². The molecule has 0 aliphatic rings. The van der Waals surface area contributed by atoms with Crippen LogP contribution in [0.25, 0.3) is 10.9 Å². The predicted molar refractivity (Wildman–Crippen MR) is 77.1 cm³/mol. The lowest BCUT2D eigenvalue weighted by Gasteiger charge is -2.08. The summed E-state index contributed by atoms with van der Waals surface area (Å²) in [6.07, 6.45) is 4.52. The highest BCUT2D eigenvalue weighted by Gasteiger charge is 2.16. The molecule has 7 nitrogen and oxygen atoms in total. The average molecular weight is 282 g/mol. The van der Waals surface area contributed by atoms with E-state index in [0.29, 0.717) is 22.6 Å². The minimum atomic E-state index is -0.471. The number of nitro benzene ring substituents is 1. The van der Waals surface area contributed by atoms with Crippen molar-refractivity contribution in [1.29, 1.82) is 0 Å². The molecule has 7 heteroatoms. The van der Waals surface area contributed by atoms with Crippen LogP contribution in [0.2, 0.25) is 0 Å². The van der Waals surface area contributed by atoms with Gasteiger partial charge in [-0.2, -0.15) is 0 Å². The number of rotatable bonds is 3. The molecule has 1 aromatic carbocycles. The molecule has 2 N–H and O–H groups in total. The third-order valence-electron chi connectivity index (χ3n) is 2.87. The van der Waals surface area contributed by atoms with Gasteiger partial charge in [-0.25, -0.2) is 4.98 Å². The number of nitrogen functional groups attached to an aromatic ring is 1. The van der Waals surface area contributed by atoms with Gasteiger partial charge >= 0.3 is 0 Å². The Morgan fingerprint density at radius 1 is 1.24 bits per heavy atom. The number of ether oxygens (including phenoxy) is 1. The van der Waals surface area contributed by atoms with Crippen LogP contribution in [0.1, 0.15) is 0 Å². The number of nitrogens with zero attached hydrogens (tertiary/aromatic N) is 3. The summed E-state index contributed by atoms with van der Waals surface area (Å²) in [4.78, 5) is 18.5. The minimum Gasteiger partial charge on any atom is -0.455 e. The van der Waals surface area contributed by atoms with Gasteiger partial charge in [0.15, 0.2) is 5.52 Å². The lowest BCUT2D eigenvalue weighted by Crippen LogP contribution is -1.94. The van der Waals surface area contributed by atoms with Gasteiger partial charge in [-0.1, -0.05) is 0 Å². The van der Waals surface area contributed by atoms with Gasteiger partial charge < -0.3 is 10.5 Å². The minimum absolute atomic E-state index is 0.0661. The van der Waals surface area contributed by atoms with E-state index in [9.17, 15) is 10.1 Å². The maximum absolute atomic E-state index is 11.0. The first kappa shape index (κ1) is 12.8. The van der Waals surface area contributed by atoms with Crippen molar-refractivity contribution in [1.82, 2.24) is 9.97 Å². The molecule has 0 saturated carbocycles. The molecule has 3 aromatic rings. The number of aromatic nitrogens is 2. The van der Waals surface area contributed by atoms with Crippen LogP contribution < -0.4 is 10.5 Å². The van der Waals surface area contributed by atoms with Crippen molar-refractivity contribution < 1.29 is 9.66 Å². The summed E-state index contributed by atoms with van der Waals surface area (Å²) in [7, 11) is 0. The van der Waals surface area contributed by atoms with Crippen molar-refractivity contribution in [3.8, 4) is 11.5 Å². The van der Waals surface area contributed by atoms with Gasteiger partial charge in [-0.3, -0.25) is 15.1 Å². The first-order chi connectivity index (χ1) is 10.1. The van der Waals surface area contributed by atoms with Gasteiger partial charge in [0.2, 0.25) is 0 Å². The summed E-state index contributed by atoms with van der Waals surface area (Å²) >= 11 is 0. The molecule has 2 aromatic heterocycles. The largest absolute Gasteiger partial charge is 0.455 e. The van der Waals surface area contributed by atoms with Gasteiger partial charge in [0, 0.05) is 23.7 Å². The molecular formula is C14H10N4O3. The molecule has 0 aliphatic heterocycles. The normalized spacial score (nSPS) is 10.5. The Labute approximate surface area is 119 Å². The SMILES string of the molecule is Nc1cncc(Oc2ccc([N+](=O)[O-])c3ncccc23)c1. The van der Waals surface area contributed by atoms with E-state index < -0.39 is 4.92 Å². The first-order valence-electron chi connectivity index (χ1n) is 6.05. The molecule has 0 fully saturated rings. The Balaban J connectivity index is 2.12. The highest BCUT2D eigenvalue weighted by molar-refractivity contribution is 5.92. The molecule has 0 radical (unpaired) electrons. The Kier molecular flexibility index (Phi) is 3.07. The van der Waals surface area contributed by atoms with Crippen LogP contribution in [0.5, 0.6) is 11.5 Å². The zero-order valence-electron chi connectivity index (χ0n) is 10.8. The van der Waals surface area contributed by atoms with E-state index in [4.69, 9.17) is 10.5 Å². The number of nitrogens with two attached hydrogens (primary N) is 1. The highest BCUT2D eigenvalue weighted by Crippen LogP contribution is 2.34. The Morgan fingerprint density at radius 3 is 2.86 bits per heavy atom. The topological polar surface area (TPSA) is 104 Å². The van der Waals surface area contributed by atoms with Crippen LogP contribution in [-0.2, 0) is 0 Å². The molecule has 0 spiro atoms. The molecule has 21 heavy (non-hydrogen) atoms. The number of fused-ring (bicyclic) bond motifs is 1. The molecule has 0 bridgehead atoms. The maximum Gasteiger partial charge on any atom is 0.295 e. The zero-order chi connectivity index (χ0) is 14.8. The molecule has 0 aliphatic carbocycles. The van der Waals surface area contributed by atoms with Crippen LogP contribution in [0.3, 0.4) is 0 Å². The third kappa shape index (κ3) is 2.44. The van der Waals surface area contributed by atoms with E-state index in [1.165, 1.54) is 30.7 Å². The number of hydrogen-bond donors (Lipinski definition) is 1. The third-order valence-corrected chi connectivity index (χ3v) is 2.87. The van der Waals surface area contributed by atoms with E-state index in [1.54, 1.807) is 18.2 Å². The lowest BCUT2D eigenvalue weighted by molar-refractivity contribution is -0.383. The van der Waals surface area contributed by atoms with E-state index in [1.807, 2.05) is 0 Å². The smallest absolute Gasteiger partial charge is 0.295 e. The van der Waals surface area contributed by atoms with Crippen molar-refractivity contribution in [3.63, 3.8) is 0 Å². The summed E-state index contributed by atoms with van der Waals surface area (Å²) < 4.78 is 5.70. The van der Waals surface area contributed by atoms with Gasteiger partial charge in [-0.05, 0) is 18.2 Å². The Morgan fingerprint density at radius 2 is 2.10 bits per heavy atom. The molecule has 0 unspecified atom stereocenters. The Hall–Kier alpha value is -3.22. The second-order valence-corrected chi connectivity index (χ2v) is 4.30. The van der Waals surface area contributed by atoms with E-state index in [2.05, 4.69) is 9.97 Å². The Bertz CT molecular complexity index is 835. The fourth-order valence-corrected chi connectivity index (χ4v) is 1.99. The summed E-state index contributed by atoms with van der Waals surface area (Å²) in [6.45, 7) is 0. The van der Waals surface area contributed by atoms with Crippen LogP contribution in [-0.4, -0.2) is 14.9 Å². The number of anilines is 1. The van der Waals surface area contributed by atoms with Gasteiger partial charge in [0.05, 0.1) is 23.0 Å². The van der Waals surface area contributed by atoms with Crippen molar-refractivity contribution >= 4 is 22.3 Å². The second kappa shape index (κ2) is 5.04. The molecular weight excluding hydrogens is 272 g/mol. The number of hydrogen-bond acceptors (Lipinski definition) is 6. The summed E-state index contributed by atoms with van der Waals surface area (Å²) in [6, 6.07) is 7.92. The molecule has 104 valence electrons. The quantitative estimate of drug-likeness (QED) is 0.585. The fraction of sp³-hybridized carbons (Fsp3) is 0. The highest BCUT2D eigenvalue weighted by atomic mass is 16.6. The van der Waals surface area contributed by atoms with Gasteiger partial charge in [0.1, 0.15) is 11.5 Å². The van der Waals surface area contributed by atoms with Crippen LogP contribution >= 0.6 is 0 Å². The van der Waals surface area contributed by atoms with Crippen molar-refractivity contribution in [2.75, 3.05) is 5.73 Å². The van der Waals surface area contributed by atoms with Crippen LogP contribution in [0.4, 0.5) is 11.4 Å². The number of nitro groups is 1. The number of benzene rings is 1. The molecule has 3 rings (SSSR count). The van der Waals surface area contributed by atoms with Crippen LogP contribution in [0, 0.1) is 10.1 Å². The second-order valence-electron chi connectivity index (χ2n) is 4.30. The number of pyridine rings is 2. The lowest BCUT2D eigenvalue weighted by atomic mass is 10.1. The van der Waals surface area contributed by atoms with Gasteiger partial charge in [0.25, 0.3) is 5.69 Å².